The molecule has 0 spiro atoms. The van der Waals surface area contributed by atoms with Crippen LogP contribution >= 0.6 is 0 Å². The Morgan fingerprint density at radius 3 is 2.43 bits per heavy atom. The number of fused-ring (bicyclic) bond motifs is 6. The second-order valence-corrected chi connectivity index (χ2v) is 16.3. The van der Waals surface area contributed by atoms with Gasteiger partial charge in [0.25, 0.3) is 0 Å². The minimum atomic E-state index is -1.53. The van der Waals surface area contributed by atoms with Crippen molar-refractivity contribution in [1.29, 1.82) is 0 Å². The molecule has 250 valence electrons. The molecule has 0 radical (unpaired) electrons. The maximum Gasteiger partial charge on any atom is 0.192 e. The topological polar surface area (TPSA) is 162 Å². The second-order valence-electron chi connectivity index (χ2n) is 16.3. The number of hydrogen-bond acceptors (Lipinski definition) is 10. The lowest BCUT2D eigenvalue weighted by Crippen LogP contribution is -2.61. The molecule has 10 heteroatoms. The zero-order chi connectivity index (χ0) is 31.6. The molecule has 0 aromatic carbocycles. The zero-order valence-corrected chi connectivity index (χ0v) is 26.8. The van der Waals surface area contributed by atoms with Gasteiger partial charge in [-0.3, -0.25) is 0 Å². The number of epoxide rings is 1. The summed E-state index contributed by atoms with van der Waals surface area (Å²) in [5.41, 5.74) is -0.0710. The normalized spacial score (nSPS) is 59.1. The van der Waals surface area contributed by atoms with E-state index < -0.39 is 67.0 Å². The average molecular weight is 623 g/mol. The molecule has 18 atom stereocenters. The molecule has 7 rings (SSSR count). The molecule has 0 aromatic rings. The van der Waals surface area contributed by atoms with Crippen LogP contribution in [0.25, 0.3) is 0 Å². The van der Waals surface area contributed by atoms with Crippen molar-refractivity contribution in [2.45, 2.75) is 152 Å². The van der Waals surface area contributed by atoms with Crippen molar-refractivity contribution in [3.8, 4) is 0 Å². The summed E-state index contributed by atoms with van der Waals surface area (Å²) in [6.07, 6.45) is 0.899. The van der Waals surface area contributed by atoms with E-state index in [0.717, 1.165) is 38.5 Å². The molecular weight excluding hydrogens is 568 g/mol. The molecule has 0 bridgehead atoms. The molecule has 6 fully saturated rings. The summed E-state index contributed by atoms with van der Waals surface area (Å²) in [4.78, 5) is 0. The lowest BCUT2D eigenvalue weighted by molar-refractivity contribution is -0.355. The molecular formula is C34H54O10. The predicted molar refractivity (Wildman–Crippen MR) is 158 cm³/mol. The van der Waals surface area contributed by atoms with Crippen LogP contribution in [0.3, 0.4) is 0 Å². The summed E-state index contributed by atoms with van der Waals surface area (Å²) in [6, 6.07) is 0. The van der Waals surface area contributed by atoms with Crippen molar-refractivity contribution >= 4 is 0 Å². The van der Waals surface area contributed by atoms with E-state index in [-0.39, 0.29) is 22.9 Å². The molecule has 4 aliphatic carbocycles. The van der Waals surface area contributed by atoms with Gasteiger partial charge in [-0.25, -0.2) is 0 Å². The van der Waals surface area contributed by atoms with Gasteiger partial charge in [0, 0.05) is 18.3 Å². The second kappa shape index (κ2) is 10.7. The fourth-order valence-electron chi connectivity index (χ4n) is 11.3. The fraction of sp³-hybridized carbons (Fsp3) is 0.941. The highest BCUT2D eigenvalue weighted by atomic mass is 16.8. The molecule has 7 aliphatic rings. The highest BCUT2D eigenvalue weighted by Gasteiger charge is 2.74. The third-order valence-electron chi connectivity index (χ3n) is 14.4. The number of ether oxygens (including phenoxy) is 4. The number of aliphatic hydroxyl groups is 6. The van der Waals surface area contributed by atoms with Crippen molar-refractivity contribution in [1.82, 2.24) is 0 Å². The van der Waals surface area contributed by atoms with Crippen molar-refractivity contribution in [3.63, 3.8) is 0 Å². The first-order chi connectivity index (χ1) is 20.7. The van der Waals surface area contributed by atoms with E-state index in [0.29, 0.717) is 36.5 Å². The van der Waals surface area contributed by atoms with Gasteiger partial charge in [0.1, 0.15) is 35.6 Å². The maximum atomic E-state index is 11.3. The van der Waals surface area contributed by atoms with E-state index in [1.165, 1.54) is 5.57 Å². The number of rotatable bonds is 5. The van der Waals surface area contributed by atoms with Gasteiger partial charge in [-0.15, -0.1) is 0 Å². The number of hydrogen-bond donors (Lipinski definition) is 6. The van der Waals surface area contributed by atoms with E-state index in [2.05, 4.69) is 33.8 Å². The van der Waals surface area contributed by atoms with Crippen LogP contribution < -0.4 is 0 Å². The quantitative estimate of drug-likeness (QED) is 0.198. The molecule has 0 amide bonds. The molecule has 3 saturated carbocycles. The van der Waals surface area contributed by atoms with Gasteiger partial charge in [0.15, 0.2) is 12.6 Å². The lowest BCUT2D eigenvalue weighted by Gasteiger charge is -2.59. The molecule has 0 unspecified atom stereocenters. The number of aliphatic hydroxyl groups excluding tert-OH is 6. The number of allylic oxidation sites excluding steroid dienone is 1. The van der Waals surface area contributed by atoms with Crippen molar-refractivity contribution in [3.05, 3.63) is 11.6 Å². The Morgan fingerprint density at radius 2 is 1.70 bits per heavy atom. The summed E-state index contributed by atoms with van der Waals surface area (Å²) in [5.74, 6) is 2.17. The molecule has 6 N–H and O–H groups in total. The van der Waals surface area contributed by atoms with Gasteiger partial charge in [-0.05, 0) is 87.4 Å². The van der Waals surface area contributed by atoms with Crippen LogP contribution in [0, 0.1) is 40.4 Å². The smallest absolute Gasteiger partial charge is 0.192 e. The Balaban J connectivity index is 1.09. The van der Waals surface area contributed by atoms with Gasteiger partial charge in [0.05, 0.1) is 24.9 Å². The Kier molecular flexibility index (Phi) is 7.74. The minimum Gasteiger partial charge on any atom is -0.394 e. The molecule has 0 aromatic heterocycles. The van der Waals surface area contributed by atoms with E-state index in [1.54, 1.807) is 0 Å². The Morgan fingerprint density at radius 1 is 0.955 bits per heavy atom. The largest absolute Gasteiger partial charge is 0.394 e. The van der Waals surface area contributed by atoms with Crippen LogP contribution in [-0.4, -0.2) is 104 Å². The molecule has 3 aliphatic heterocycles. The Labute approximate surface area is 260 Å². The summed E-state index contributed by atoms with van der Waals surface area (Å²) >= 11 is 0. The highest BCUT2D eigenvalue weighted by molar-refractivity contribution is 5.28. The predicted octanol–water partition coefficient (Wildman–Crippen LogP) is 2.01. The van der Waals surface area contributed by atoms with Gasteiger partial charge >= 0.3 is 0 Å². The summed E-state index contributed by atoms with van der Waals surface area (Å²) in [5, 5.41) is 62.5. The van der Waals surface area contributed by atoms with Gasteiger partial charge < -0.3 is 49.6 Å². The lowest BCUT2D eigenvalue weighted by atomic mass is 9.46. The maximum absolute atomic E-state index is 11.3. The van der Waals surface area contributed by atoms with E-state index in [1.807, 2.05) is 6.92 Å². The SMILES string of the molecule is C[C@@H]([C@H]1CC[C@@H]2[C@@H]3CC=C4C[C@@H](O)C[C@H](O)[C@]4(C)[C@H]3CC[C@]12C)[C@H]1C[C@]2(C)O[C@]2(C)[C@H](O[C@@H]2O[C@H](CO)[C@@H](O)[C@H](O)[C@H]2O)O1. The third-order valence-corrected chi connectivity index (χ3v) is 14.4. The van der Waals surface area contributed by atoms with Gasteiger partial charge in [-0.2, -0.15) is 0 Å². The first-order valence-electron chi connectivity index (χ1n) is 17.0. The first-order valence-corrected chi connectivity index (χ1v) is 17.0. The van der Waals surface area contributed by atoms with Crippen molar-refractivity contribution in [2.75, 3.05) is 6.61 Å². The van der Waals surface area contributed by atoms with Crippen LogP contribution in [0.4, 0.5) is 0 Å². The van der Waals surface area contributed by atoms with Gasteiger partial charge in [0.2, 0.25) is 0 Å². The van der Waals surface area contributed by atoms with Crippen LogP contribution in [-0.2, 0) is 18.9 Å². The first kappa shape index (κ1) is 31.9. The van der Waals surface area contributed by atoms with Crippen LogP contribution in [0.2, 0.25) is 0 Å². The summed E-state index contributed by atoms with van der Waals surface area (Å²) < 4.78 is 24.8. The molecule has 10 nitrogen and oxygen atoms in total. The van der Waals surface area contributed by atoms with Crippen LogP contribution in [0.15, 0.2) is 11.6 Å². The van der Waals surface area contributed by atoms with Crippen LogP contribution in [0.1, 0.15) is 86.0 Å². The zero-order valence-electron chi connectivity index (χ0n) is 26.8. The minimum absolute atomic E-state index is 0.143. The molecule has 3 saturated heterocycles. The monoisotopic (exact) mass is 622 g/mol. The highest BCUT2D eigenvalue weighted by Crippen LogP contribution is 2.68. The summed E-state index contributed by atoms with van der Waals surface area (Å²) in [6.45, 7) is 10.5. The van der Waals surface area contributed by atoms with E-state index >= 15 is 0 Å². The van der Waals surface area contributed by atoms with E-state index in [9.17, 15) is 30.6 Å². The van der Waals surface area contributed by atoms with E-state index in [4.69, 9.17) is 18.9 Å². The summed E-state index contributed by atoms with van der Waals surface area (Å²) in [7, 11) is 0. The Bertz CT molecular complexity index is 1150. The standard InChI is InChI=1S/C34H54O10/c1-16(23-14-32(3)34(5,44-32)30(42-23)43-29-28(40)27(39)26(38)24(15-35)41-29)20-8-9-21-19-7-6-17-12-18(36)13-25(37)33(17,4)22(19)10-11-31(20,21)2/h6,16,18-30,35-40H,7-15H2,1-5H3/t16-,18+,19-,20+,21+,22-,23+,24+,25-,26+,27-,28+,29-,30-,31+,32-,33-,34+/m0/s1. The van der Waals surface area contributed by atoms with Gasteiger partial charge in [-0.1, -0.05) is 32.4 Å². The fourth-order valence-corrected chi connectivity index (χ4v) is 11.3. The third kappa shape index (κ3) is 4.42. The molecule has 44 heavy (non-hydrogen) atoms. The Hall–Kier alpha value is -0.660. The van der Waals surface area contributed by atoms with Crippen LogP contribution in [0.5, 0.6) is 0 Å². The van der Waals surface area contributed by atoms with Crippen molar-refractivity contribution < 1.29 is 49.6 Å². The molecule has 3 heterocycles. The average Bonchev–Trinajstić information content (AvgIpc) is 3.38. The van der Waals surface area contributed by atoms with Crippen molar-refractivity contribution in [2.24, 2.45) is 40.4 Å².